The van der Waals surface area contributed by atoms with Crippen molar-refractivity contribution in [3.63, 3.8) is 0 Å². The number of carboxylic acid groups (broad SMARTS) is 1. The molecule has 0 aliphatic carbocycles. The number of hydrogen-bond donors (Lipinski definition) is 1. The van der Waals surface area contributed by atoms with Gasteiger partial charge >= 0.3 is 5.97 Å². The Morgan fingerprint density at radius 2 is 1.84 bits per heavy atom. The zero-order valence-corrected chi connectivity index (χ0v) is 14.4. The summed E-state index contributed by atoms with van der Waals surface area (Å²) in [6.07, 6.45) is -0.903. The lowest BCUT2D eigenvalue weighted by molar-refractivity contribution is -0.145. The highest BCUT2D eigenvalue weighted by atomic mass is 35.5. The molecule has 3 aromatic rings. The van der Waals surface area contributed by atoms with Crippen LogP contribution in [0.25, 0.3) is 10.8 Å². The minimum atomic E-state index is -1.05. The molecule has 5 heteroatoms. The third-order valence-electron chi connectivity index (χ3n) is 3.92. The summed E-state index contributed by atoms with van der Waals surface area (Å²) in [7, 11) is 1.53. The van der Waals surface area contributed by atoms with E-state index in [-0.39, 0.29) is 6.42 Å². The molecular weight excluding hydrogens is 340 g/mol. The summed E-state index contributed by atoms with van der Waals surface area (Å²) in [4.78, 5) is 11.7. The molecule has 0 radical (unpaired) electrons. The minimum absolute atomic E-state index is 0.145. The Balaban J connectivity index is 1.86. The molecule has 0 aliphatic rings. The molecule has 0 aromatic heterocycles. The molecule has 0 saturated heterocycles. The summed E-state index contributed by atoms with van der Waals surface area (Å²) in [6.45, 7) is 0. The molecule has 1 atom stereocenters. The highest BCUT2D eigenvalue weighted by molar-refractivity contribution is 6.30. The number of aliphatic carboxylic acids is 1. The van der Waals surface area contributed by atoms with E-state index in [1.807, 2.05) is 36.4 Å². The van der Waals surface area contributed by atoms with Crippen LogP contribution in [0.4, 0.5) is 0 Å². The molecule has 0 unspecified atom stereocenters. The van der Waals surface area contributed by atoms with Crippen LogP contribution in [0.1, 0.15) is 5.56 Å². The molecule has 128 valence electrons. The van der Waals surface area contributed by atoms with Crippen molar-refractivity contribution >= 4 is 28.3 Å². The van der Waals surface area contributed by atoms with Crippen molar-refractivity contribution < 1.29 is 19.4 Å². The van der Waals surface area contributed by atoms with Gasteiger partial charge in [0.15, 0.2) is 6.10 Å². The van der Waals surface area contributed by atoms with Gasteiger partial charge in [-0.3, -0.25) is 0 Å². The highest BCUT2D eigenvalue weighted by Gasteiger charge is 2.22. The third-order valence-corrected chi connectivity index (χ3v) is 4.16. The lowest BCUT2D eigenvalue weighted by Gasteiger charge is -2.17. The van der Waals surface area contributed by atoms with Crippen LogP contribution in [0.2, 0.25) is 5.02 Å². The second-order valence-corrected chi connectivity index (χ2v) is 6.05. The van der Waals surface area contributed by atoms with Crippen LogP contribution in [0.5, 0.6) is 11.5 Å². The number of ether oxygens (including phenoxy) is 2. The van der Waals surface area contributed by atoms with Gasteiger partial charge in [-0.15, -0.1) is 0 Å². The molecule has 0 saturated carbocycles. The lowest BCUT2D eigenvalue weighted by atomic mass is 10.1. The average molecular weight is 357 g/mol. The smallest absolute Gasteiger partial charge is 0.345 e. The minimum Gasteiger partial charge on any atom is -0.496 e. The summed E-state index contributed by atoms with van der Waals surface area (Å²) in [5, 5.41) is 12.1. The van der Waals surface area contributed by atoms with Gasteiger partial charge in [0.2, 0.25) is 0 Å². The summed E-state index contributed by atoms with van der Waals surface area (Å²) < 4.78 is 11.0. The van der Waals surface area contributed by atoms with E-state index in [2.05, 4.69) is 0 Å². The van der Waals surface area contributed by atoms with Gasteiger partial charge in [0.1, 0.15) is 11.5 Å². The van der Waals surface area contributed by atoms with Gasteiger partial charge in [-0.1, -0.05) is 41.9 Å². The molecule has 3 rings (SSSR count). The second kappa shape index (κ2) is 7.45. The van der Waals surface area contributed by atoms with Crippen molar-refractivity contribution in [3.05, 3.63) is 71.2 Å². The summed E-state index contributed by atoms with van der Waals surface area (Å²) in [6, 6.07) is 18.4. The molecule has 0 amide bonds. The fourth-order valence-electron chi connectivity index (χ4n) is 2.69. The second-order valence-electron chi connectivity index (χ2n) is 5.61. The SMILES string of the molecule is COc1ccc(Cl)cc1C[C@@H](Oc1ccc2ccccc2c1)C(=O)O. The van der Waals surface area contributed by atoms with Gasteiger partial charge in [0.05, 0.1) is 7.11 Å². The van der Waals surface area contributed by atoms with Crippen LogP contribution >= 0.6 is 11.6 Å². The number of fused-ring (bicyclic) bond motifs is 1. The average Bonchev–Trinajstić information content (AvgIpc) is 2.61. The molecule has 0 aliphatic heterocycles. The number of benzene rings is 3. The monoisotopic (exact) mass is 356 g/mol. The normalized spacial score (nSPS) is 11.9. The van der Waals surface area contributed by atoms with Crippen molar-refractivity contribution in [2.24, 2.45) is 0 Å². The number of rotatable bonds is 6. The molecule has 0 heterocycles. The number of methoxy groups -OCH3 is 1. The Kier molecular flexibility index (Phi) is 5.10. The Hall–Kier alpha value is -2.72. The van der Waals surface area contributed by atoms with Gasteiger partial charge in [-0.25, -0.2) is 4.79 Å². The molecule has 3 aromatic carbocycles. The quantitative estimate of drug-likeness (QED) is 0.702. The van der Waals surface area contributed by atoms with E-state index in [0.717, 1.165) is 10.8 Å². The molecule has 0 fully saturated rings. The fraction of sp³-hybridized carbons (Fsp3) is 0.150. The van der Waals surface area contributed by atoms with E-state index in [1.54, 1.807) is 24.3 Å². The first kappa shape index (κ1) is 17.1. The maximum absolute atomic E-state index is 11.7. The lowest BCUT2D eigenvalue weighted by Crippen LogP contribution is -2.29. The van der Waals surface area contributed by atoms with Gasteiger partial charge < -0.3 is 14.6 Å². The first-order valence-corrected chi connectivity index (χ1v) is 8.15. The number of carboxylic acids is 1. The maximum Gasteiger partial charge on any atom is 0.345 e. The van der Waals surface area contributed by atoms with Crippen molar-refractivity contribution in [3.8, 4) is 11.5 Å². The van der Waals surface area contributed by atoms with Crippen molar-refractivity contribution in [1.29, 1.82) is 0 Å². The highest BCUT2D eigenvalue weighted by Crippen LogP contribution is 2.26. The fourth-order valence-corrected chi connectivity index (χ4v) is 2.89. The largest absolute Gasteiger partial charge is 0.496 e. The van der Waals surface area contributed by atoms with Crippen LogP contribution in [0, 0.1) is 0 Å². The van der Waals surface area contributed by atoms with Gasteiger partial charge in [-0.2, -0.15) is 0 Å². The van der Waals surface area contributed by atoms with E-state index >= 15 is 0 Å². The maximum atomic E-state index is 11.7. The van der Waals surface area contributed by atoms with E-state index in [0.29, 0.717) is 22.1 Å². The number of hydrogen-bond acceptors (Lipinski definition) is 3. The number of carbonyl (C=O) groups is 1. The van der Waals surface area contributed by atoms with Crippen LogP contribution in [-0.2, 0) is 11.2 Å². The molecule has 25 heavy (non-hydrogen) atoms. The Bertz CT molecular complexity index is 907. The summed E-state index contributed by atoms with van der Waals surface area (Å²) >= 11 is 6.02. The standard InChI is InChI=1S/C20H17ClO4/c1-24-18-9-7-16(21)10-15(18)12-19(20(22)23)25-17-8-6-13-4-2-3-5-14(13)11-17/h2-11,19H,12H2,1H3,(H,22,23)/t19-/m1/s1. The Morgan fingerprint density at radius 1 is 1.08 bits per heavy atom. The summed E-state index contributed by atoms with van der Waals surface area (Å²) in [5.41, 5.74) is 0.684. The molecule has 0 spiro atoms. The zero-order valence-electron chi connectivity index (χ0n) is 13.6. The first-order valence-electron chi connectivity index (χ1n) is 7.77. The van der Waals surface area contributed by atoms with E-state index in [9.17, 15) is 9.90 Å². The topological polar surface area (TPSA) is 55.8 Å². The van der Waals surface area contributed by atoms with Crippen LogP contribution in [0.15, 0.2) is 60.7 Å². The first-order chi connectivity index (χ1) is 12.1. The van der Waals surface area contributed by atoms with Crippen molar-refractivity contribution in [2.75, 3.05) is 7.11 Å². The van der Waals surface area contributed by atoms with E-state index < -0.39 is 12.1 Å². The Morgan fingerprint density at radius 3 is 2.56 bits per heavy atom. The van der Waals surface area contributed by atoms with Gasteiger partial charge in [-0.05, 0) is 46.7 Å². The molecule has 4 nitrogen and oxygen atoms in total. The summed E-state index contributed by atoms with van der Waals surface area (Å²) in [5.74, 6) is 0.0417. The number of halogens is 1. The van der Waals surface area contributed by atoms with Crippen LogP contribution in [-0.4, -0.2) is 24.3 Å². The van der Waals surface area contributed by atoms with Crippen LogP contribution < -0.4 is 9.47 Å². The predicted molar refractivity (Wildman–Crippen MR) is 97.7 cm³/mol. The molecule has 0 bridgehead atoms. The predicted octanol–water partition coefficient (Wildman–Crippen LogP) is 4.58. The zero-order chi connectivity index (χ0) is 17.8. The van der Waals surface area contributed by atoms with Crippen molar-refractivity contribution in [2.45, 2.75) is 12.5 Å². The van der Waals surface area contributed by atoms with Gasteiger partial charge in [0.25, 0.3) is 0 Å². The van der Waals surface area contributed by atoms with Crippen LogP contribution in [0.3, 0.4) is 0 Å². The van der Waals surface area contributed by atoms with Crippen molar-refractivity contribution in [1.82, 2.24) is 0 Å². The van der Waals surface area contributed by atoms with E-state index in [4.69, 9.17) is 21.1 Å². The molecular formula is C20H17ClO4. The molecule has 1 N–H and O–H groups in total. The van der Waals surface area contributed by atoms with E-state index in [1.165, 1.54) is 7.11 Å². The Labute approximate surface area is 150 Å². The third kappa shape index (κ3) is 4.03. The van der Waals surface area contributed by atoms with Gasteiger partial charge in [0, 0.05) is 11.4 Å².